The zero-order valence-electron chi connectivity index (χ0n) is 30.4. The highest BCUT2D eigenvalue weighted by Crippen LogP contribution is 2.61. The van der Waals surface area contributed by atoms with Gasteiger partial charge in [-0.25, -0.2) is 0 Å². The first-order valence-corrected chi connectivity index (χ1v) is 20.1. The summed E-state index contributed by atoms with van der Waals surface area (Å²) in [5, 5.41) is 10.2. The maximum absolute atomic E-state index is 2.56. The molecule has 9 aromatic carbocycles. The van der Waals surface area contributed by atoms with Crippen molar-refractivity contribution in [2.75, 3.05) is 4.90 Å². The highest BCUT2D eigenvalue weighted by Gasteiger charge is 2.35. The second-order valence-electron chi connectivity index (χ2n) is 14.7. The lowest BCUT2D eigenvalue weighted by Gasteiger charge is -2.29. The van der Waals surface area contributed by atoms with E-state index in [1.165, 1.54) is 108 Å². The summed E-state index contributed by atoms with van der Waals surface area (Å²) < 4.78 is 2.60. The molecule has 1 heterocycles. The van der Waals surface area contributed by atoms with Crippen LogP contribution in [0.5, 0.6) is 0 Å². The van der Waals surface area contributed by atoms with Gasteiger partial charge in [-0.1, -0.05) is 170 Å². The molecule has 10 aromatic rings. The summed E-state index contributed by atoms with van der Waals surface area (Å²) in [5.41, 5.74) is 13.8. The molecule has 1 nitrogen and oxygen atoms in total. The minimum atomic E-state index is 1.16. The van der Waals surface area contributed by atoms with E-state index in [2.05, 4.69) is 205 Å². The molecule has 0 saturated heterocycles. The fraction of sp³-hybridized carbons (Fsp3) is 0. The van der Waals surface area contributed by atoms with Crippen LogP contribution in [0.25, 0.3) is 97.0 Å². The third kappa shape index (κ3) is 4.67. The summed E-state index contributed by atoms with van der Waals surface area (Å²) >= 11 is 1.87. The van der Waals surface area contributed by atoms with E-state index in [0.717, 1.165) is 5.69 Å². The van der Waals surface area contributed by atoms with Crippen LogP contribution in [0.15, 0.2) is 200 Å². The predicted octanol–water partition coefficient (Wildman–Crippen LogP) is 16.0. The summed E-state index contributed by atoms with van der Waals surface area (Å²) in [4.78, 5) is 2.56. The number of nitrogens with zero attached hydrogens (tertiary/aromatic N) is 1. The van der Waals surface area contributed by atoms with E-state index in [0.29, 0.717) is 0 Å². The maximum Gasteiger partial charge on any atom is 0.0555 e. The van der Waals surface area contributed by atoms with Crippen molar-refractivity contribution in [3.63, 3.8) is 0 Å². The normalized spacial score (nSPS) is 11.9. The predicted molar refractivity (Wildman–Crippen MR) is 242 cm³/mol. The number of hydrogen-bond donors (Lipinski definition) is 0. The van der Waals surface area contributed by atoms with Crippen molar-refractivity contribution in [3.05, 3.63) is 200 Å². The van der Waals surface area contributed by atoms with Crippen LogP contribution in [0.1, 0.15) is 0 Å². The Labute approximate surface area is 329 Å². The van der Waals surface area contributed by atoms with Crippen molar-refractivity contribution >= 4 is 80.9 Å². The largest absolute Gasteiger partial charge is 0.309 e. The van der Waals surface area contributed by atoms with Gasteiger partial charge in [0.1, 0.15) is 0 Å². The van der Waals surface area contributed by atoms with Gasteiger partial charge < -0.3 is 4.90 Å². The quantitative estimate of drug-likeness (QED) is 0.154. The molecule has 0 aliphatic heterocycles. The van der Waals surface area contributed by atoms with Crippen LogP contribution in [0.4, 0.5) is 17.1 Å². The van der Waals surface area contributed by atoms with E-state index < -0.39 is 0 Å². The molecule has 2 aliphatic carbocycles. The van der Waals surface area contributed by atoms with Crippen LogP contribution in [0.3, 0.4) is 0 Å². The molecular formula is C54H33NS. The lowest BCUT2D eigenvalue weighted by atomic mass is 9.90. The van der Waals surface area contributed by atoms with Gasteiger partial charge in [0.25, 0.3) is 0 Å². The Kier molecular flexibility index (Phi) is 6.87. The van der Waals surface area contributed by atoms with Crippen LogP contribution in [-0.4, -0.2) is 0 Å². The van der Waals surface area contributed by atoms with Crippen molar-refractivity contribution in [2.24, 2.45) is 0 Å². The Hall–Kier alpha value is -7.00. The number of thiophene rings is 1. The summed E-state index contributed by atoms with van der Waals surface area (Å²) in [6.45, 7) is 0. The topological polar surface area (TPSA) is 3.24 Å². The average molecular weight is 728 g/mol. The molecule has 0 amide bonds. The van der Waals surface area contributed by atoms with E-state index in [9.17, 15) is 0 Å². The molecule has 2 aliphatic rings. The zero-order valence-corrected chi connectivity index (χ0v) is 31.2. The molecule has 0 bridgehead atoms. The molecule has 2 heteroatoms. The van der Waals surface area contributed by atoms with Gasteiger partial charge in [0.2, 0.25) is 0 Å². The molecule has 260 valence electrons. The van der Waals surface area contributed by atoms with E-state index in [1.807, 2.05) is 11.3 Å². The van der Waals surface area contributed by atoms with Gasteiger partial charge in [0.05, 0.1) is 17.1 Å². The van der Waals surface area contributed by atoms with Crippen LogP contribution >= 0.6 is 11.3 Å². The highest BCUT2D eigenvalue weighted by atomic mass is 32.1. The van der Waals surface area contributed by atoms with Crippen LogP contribution in [0, 0.1) is 0 Å². The molecule has 1 aromatic heterocycles. The summed E-state index contributed by atoms with van der Waals surface area (Å²) in [5.74, 6) is 0. The molecule has 56 heavy (non-hydrogen) atoms. The number of anilines is 3. The second kappa shape index (κ2) is 12.3. The highest BCUT2D eigenvalue weighted by molar-refractivity contribution is 7.26. The number of benzene rings is 10. The SMILES string of the molecule is c1ccc(-c2cccc3cccc(-c4ccccc4N(c4ccc5c(-c6cccc7c6ccc6ccccc67)c4-5)c4cccc5sc6ccccc6c45)c23)cc1. The summed E-state index contributed by atoms with van der Waals surface area (Å²) in [6, 6.07) is 73.8. The van der Waals surface area contributed by atoms with Crippen molar-refractivity contribution in [3.8, 4) is 44.5 Å². The minimum Gasteiger partial charge on any atom is -0.309 e. The number of para-hydroxylation sites is 1. The molecule has 0 spiro atoms. The number of fused-ring (bicyclic) bond motifs is 8. The maximum atomic E-state index is 2.56. The lowest BCUT2D eigenvalue weighted by molar-refractivity contribution is 1.32. The van der Waals surface area contributed by atoms with Gasteiger partial charge in [-0.15, -0.1) is 11.3 Å². The van der Waals surface area contributed by atoms with Gasteiger partial charge in [0, 0.05) is 36.9 Å². The van der Waals surface area contributed by atoms with E-state index in [4.69, 9.17) is 0 Å². The van der Waals surface area contributed by atoms with Gasteiger partial charge in [0.15, 0.2) is 0 Å². The third-order valence-electron chi connectivity index (χ3n) is 11.7. The Morgan fingerprint density at radius 2 is 0.929 bits per heavy atom. The monoisotopic (exact) mass is 727 g/mol. The first-order chi connectivity index (χ1) is 27.8. The molecule has 0 N–H and O–H groups in total. The molecule has 0 unspecified atom stereocenters. The smallest absolute Gasteiger partial charge is 0.0555 e. The summed E-state index contributed by atoms with van der Waals surface area (Å²) in [7, 11) is 0. The van der Waals surface area contributed by atoms with Gasteiger partial charge in [-0.05, 0) is 90.5 Å². The standard InChI is InChI=1S/C54H33NS/c1-2-14-34(15-3-1)38-22-10-17-36-18-11-24-43(51(36)38)41-20-6-8-26-46(41)55(47-27-13-29-50-53(47)44-21-7-9-28-49(44)56-50)48-33-32-45-52(54(45)48)42-25-12-23-39-37-19-5-4-16-35(37)30-31-40(39)42/h1-33H. The Balaban J connectivity index is 1.14. The molecule has 0 saturated carbocycles. The zero-order chi connectivity index (χ0) is 36.7. The van der Waals surface area contributed by atoms with E-state index >= 15 is 0 Å². The first kappa shape index (κ1) is 31.4. The van der Waals surface area contributed by atoms with Gasteiger partial charge in [-0.3, -0.25) is 0 Å². The fourth-order valence-electron chi connectivity index (χ4n) is 9.26. The number of rotatable bonds is 6. The van der Waals surface area contributed by atoms with Crippen molar-refractivity contribution in [1.82, 2.24) is 0 Å². The molecular weight excluding hydrogens is 695 g/mol. The Morgan fingerprint density at radius 3 is 1.84 bits per heavy atom. The Morgan fingerprint density at radius 1 is 0.286 bits per heavy atom. The van der Waals surface area contributed by atoms with E-state index in [-0.39, 0.29) is 0 Å². The lowest BCUT2D eigenvalue weighted by Crippen LogP contribution is -2.11. The molecule has 12 rings (SSSR count). The van der Waals surface area contributed by atoms with Crippen LogP contribution in [0.2, 0.25) is 0 Å². The van der Waals surface area contributed by atoms with Crippen molar-refractivity contribution < 1.29 is 0 Å². The minimum absolute atomic E-state index is 1.16. The van der Waals surface area contributed by atoms with Crippen LogP contribution < -0.4 is 4.90 Å². The fourth-order valence-corrected chi connectivity index (χ4v) is 10.4. The van der Waals surface area contributed by atoms with Gasteiger partial charge >= 0.3 is 0 Å². The van der Waals surface area contributed by atoms with Crippen molar-refractivity contribution in [2.45, 2.75) is 0 Å². The second-order valence-corrected chi connectivity index (χ2v) is 15.8. The first-order valence-electron chi connectivity index (χ1n) is 19.3. The van der Waals surface area contributed by atoms with Gasteiger partial charge in [-0.2, -0.15) is 0 Å². The molecule has 0 fully saturated rings. The van der Waals surface area contributed by atoms with E-state index in [1.54, 1.807) is 0 Å². The molecule has 0 atom stereocenters. The van der Waals surface area contributed by atoms with Crippen LogP contribution in [-0.2, 0) is 0 Å². The van der Waals surface area contributed by atoms with Crippen molar-refractivity contribution in [1.29, 1.82) is 0 Å². The summed E-state index contributed by atoms with van der Waals surface area (Å²) in [6.07, 6.45) is 0. The Bertz CT molecular complexity index is 3370. The average Bonchev–Trinajstić information content (AvgIpc) is 3.59. The molecule has 0 radical (unpaired) electrons. The third-order valence-corrected chi connectivity index (χ3v) is 12.9. The number of hydrogen-bond acceptors (Lipinski definition) is 2.